The molecule has 0 aliphatic carbocycles. The second-order valence-corrected chi connectivity index (χ2v) is 4.85. The molecule has 15 heavy (non-hydrogen) atoms. The van der Waals surface area contributed by atoms with Gasteiger partial charge in [-0.1, -0.05) is 30.3 Å². The molecular formula is C12H14ClN2. The summed E-state index contributed by atoms with van der Waals surface area (Å²) in [6.45, 7) is 2.24. The van der Waals surface area contributed by atoms with E-state index < -0.39 is 0 Å². The van der Waals surface area contributed by atoms with Crippen molar-refractivity contribution in [3.05, 3.63) is 35.9 Å². The molecule has 0 saturated carbocycles. The van der Waals surface area contributed by atoms with Crippen LogP contribution in [0.5, 0.6) is 0 Å². The highest BCUT2D eigenvalue weighted by Gasteiger charge is 2.43. The van der Waals surface area contributed by atoms with Crippen molar-refractivity contribution in [1.82, 2.24) is 10.4 Å². The third-order valence-electron chi connectivity index (χ3n) is 3.40. The maximum Gasteiger partial charge on any atom is 0.0773 e. The summed E-state index contributed by atoms with van der Waals surface area (Å²) >= 11 is 6.49. The second-order valence-electron chi connectivity index (χ2n) is 4.38. The molecule has 1 aromatic rings. The minimum absolute atomic E-state index is 0.0431. The molecule has 0 N–H and O–H groups in total. The zero-order valence-corrected chi connectivity index (χ0v) is 9.27. The van der Waals surface area contributed by atoms with Crippen LogP contribution in [-0.2, 0) is 0 Å². The zero-order valence-electron chi connectivity index (χ0n) is 8.51. The molecule has 1 radical (unpaired) electrons. The van der Waals surface area contributed by atoms with E-state index in [0.717, 1.165) is 13.1 Å². The fourth-order valence-electron chi connectivity index (χ4n) is 2.57. The number of nitrogens with zero attached hydrogens (tertiary/aromatic N) is 2. The van der Waals surface area contributed by atoms with E-state index in [9.17, 15) is 0 Å². The topological polar surface area (TPSA) is 17.3 Å². The number of fused-ring (bicyclic) bond motifs is 2. The normalized spacial score (nSPS) is 35.7. The van der Waals surface area contributed by atoms with Crippen molar-refractivity contribution in [1.29, 1.82) is 0 Å². The maximum atomic E-state index is 6.49. The molecule has 2 nitrogen and oxygen atoms in total. The number of hydrogen-bond acceptors (Lipinski definition) is 1. The molecule has 79 valence electrons. The van der Waals surface area contributed by atoms with Gasteiger partial charge in [-0.15, -0.1) is 11.6 Å². The molecule has 1 aromatic carbocycles. The highest BCUT2D eigenvalue weighted by Crippen LogP contribution is 2.37. The van der Waals surface area contributed by atoms with E-state index in [1.54, 1.807) is 0 Å². The summed E-state index contributed by atoms with van der Waals surface area (Å²) in [4.78, 5) is 0. The molecule has 2 bridgehead atoms. The molecule has 0 aromatic heterocycles. The van der Waals surface area contributed by atoms with Gasteiger partial charge in [0.15, 0.2) is 0 Å². The van der Waals surface area contributed by atoms with Crippen LogP contribution in [0.2, 0.25) is 0 Å². The van der Waals surface area contributed by atoms with Crippen LogP contribution < -0.4 is 5.43 Å². The summed E-state index contributed by atoms with van der Waals surface area (Å²) in [5.74, 6) is 0.674. The predicted molar refractivity (Wildman–Crippen MR) is 60.6 cm³/mol. The van der Waals surface area contributed by atoms with Gasteiger partial charge in [0.1, 0.15) is 0 Å². The van der Waals surface area contributed by atoms with Crippen LogP contribution in [0.1, 0.15) is 17.4 Å². The fourth-order valence-corrected chi connectivity index (χ4v) is 2.97. The van der Waals surface area contributed by atoms with Crippen molar-refractivity contribution in [2.24, 2.45) is 5.92 Å². The number of benzene rings is 1. The number of hydrogen-bond donors (Lipinski definition) is 0. The Morgan fingerprint density at radius 1 is 1.33 bits per heavy atom. The van der Waals surface area contributed by atoms with Crippen molar-refractivity contribution in [3.63, 3.8) is 0 Å². The minimum Gasteiger partial charge on any atom is -0.226 e. The number of alkyl halides is 1. The van der Waals surface area contributed by atoms with Crippen molar-refractivity contribution >= 4 is 11.6 Å². The van der Waals surface area contributed by atoms with Gasteiger partial charge in [0, 0.05) is 13.1 Å². The minimum atomic E-state index is 0.0431. The Morgan fingerprint density at radius 2 is 2.13 bits per heavy atom. The lowest BCUT2D eigenvalue weighted by Gasteiger charge is -2.25. The van der Waals surface area contributed by atoms with E-state index in [2.05, 4.69) is 22.6 Å². The summed E-state index contributed by atoms with van der Waals surface area (Å²) in [6, 6.07) is 10.6. The summed E-state index contributed by atoms with van der Waals surface area (Å²) < 4.78 is 0. The molecule has 4 atom stereocenters. The predicted octanol–water partition coefficient (Wildman–Crippen LogP) is 2.19. The number of rotatable bonds is 2. The average molecular weight is 222 g/mol. The first kappa shape index (κ1) is 9.64. The zero-order chi connectivity index (χ0) is 10.3. The molecule has 2 saturated heterocycles. The van der Waals surface area contributed by atoms with Crippen molar-refractivity contribution < 1.29 is 0 Å². The van der Waals surface area contributed by atoms with Crippen molar-refractivity contribution in [2.45, 2.75) is 17.8 Å². The maximum absolute atomic E-state index is 6.49. The van der Waals surface area contributed by atoms with Gasteiger partial charge in [0.05, 0.1) is 11.4 Å². The Morgan fingerprint density at radius 3 is 2.73 bits per heavy atom. The summed E-state index contributed by atoms with van der Waals surface area (Å²) in [5.41, 5.74) is 5.83. The Kier molecular flexibility index (Phi) is 2.43. The van der Waals surface area contributed by atoms with E-state index in [4.69, 9.17) is 11.6 Å². The van der Waals surface area contributed by atoms with Gasteiger partial charge in [-0.25, -0.2) is 5.01 Å². The van der Waals surface area contributed by atoms with Crippen LogP contribution in [-0.4, -0.2) is 24.1 Å². The van der Waals surface area contributed by atoms with E-state index in [-0.39, 0.29) is 5.38 Å². The molecule has 3 rings (SSSR count). The SMILES string of the molecule is ClC(c1ccccc1)C1[N]N2CCC1C2. The van der Waals surface area contributed by atoms with Gasteiger partial charge >= 0.3 is 0 Å². The standard InChI is InChI=1S/C12H14ClN2/c13-11(9-4-2-1-3-5-9)12-10-6-7-15(8-10)14-12/h1-5,10-12H,6-8H2. The monoisotopic (exact) mass is 221 g/mol. The molecule has 0 amide bonds. The molecule has 2 fully saturated rings. The molecule has 2 heterocycles. The Labute approximate surface area is 95.2 Å². The van der Waals surface area contributed by atoms with E-state index in [1.165, 1.54) is 12.0 Å². The van der Waals surface area contributed by atoms with Crippen LogP contribution in [0, 0.1) is 5.92 Å². The average Bonchev–Trinajstić information content (AvgIpc) is 2.91. The van der Waals surface area contributed by atoms with Gasteiger partial charge in [-0.05, 0) is 17.9 Å². The van der Waals surface area contributed by atoms with E-state index in [1.807, 2.05) is 18.2 Å². The first-order valence-electron chi connectivity index (χ1n) is 5.49. The smallest absolute Gasteiger partial charge is 0.0773 e. The highest BCUT2D eigenvalue weighted by molar-refractivity contribution is 6.21. The lowest BCUT2D eigenvalue weighted by Crippen LogP contribution is -2.36. The first-order valence-corrected chi connectivity index (χ1v) is 5.93. The van der Waals surface area contributed by atoms with Crippen LogP contribution in [0.25, 0.3) is 0 Å². The largest absolute Gasteiger partial charge is 0.226 e. The van der Waals surface area contributed by atoms with Crippen LogP contribution >= 0.6 is 11.6 Å². The fraction of sp³-hybridized carbons (Fsp3) is 0.500. The molecule has 2 aliphatic heterocycles. The summed E-state index contributed by atoms with van der Waals surface area (Å²) in [7, 11) is 0. The summed E-state index contributed by atoms with van der Waals surface area (Å²) in [6.07, 6.45) is 1.25. The lowest BCUT2D eigenvalue weighted by atomic mass is 9.93. The van der Waals surface area contributed by atoms with Crippen molar-refractivity contribution in [3.8, 4) is 0 Å². The van der Waals surface area contributed by atoms with E-state index in [0.29, 0.717) is 12.0 Å². The molecule has 2 aliphatic rings. The molecular weight excluding hydrogens is 208 g/mol. The molecule has 3 heteroatoms. The molecule has 4 unspecified atom stereocenters. The van der Waals surface area contributed by atoms with Crippen LogP contribution in [0.15, 0.2) is 30.3 Å². The quantitative estimate of drug-likeness (QED) is 0.700. The van der Waals surface area contributed by atoms with Crippen LogP contribution in [0.3, 0.4) is 0 Å². The third-order valence-corrected chi connectivity index (χ3v) is 3.91. The van der Waals surface area contributed by atoms with Gasteiger partial charge in [-0.3, -0.25) is 0 Å². The van der Waals surface area contributed by atoms with Gasteiger partial charge in [0.25, 0.3) is 0 Å². The van der Waals surface area contributed by atoms with Gasteiger partial charge in [-0.2, -0.15) is 5.43 Å². The van der Waals surface area contributed by atoms with E-state index >= 15 is 0 Å². The molecule has 0 spiro atoms. The van der Waals surface area contributed by atoms with Gasteiger partial charge < -0.3 is 0 Å². The number of halogens is 1. The third kappa shape index (κ3) is 1.67. The Hall–Kier alpha value is -0.570. The Balaban J connectivity index is 1.78. The second kappa shape index (κ2) is 3.78. The van der Waals surface area contributed by atoms with Gasteiger partial charge in [0.2, 0.25) is 0 Å². The first-order chi connectivity index (χ1) is 7.34. The highest BCUT2D eigenvalue weighted by atomic mass is 35.5. The van der Waals surface area contributed by atoms with Crippen LogP contribution in [0.4, 0.5) is 0 Å². The summed E-state index contributed by atoms with van der Waals surface area (Å²) in [5, 5.41) is 2.22. The van der Waals surface area contributed by atoms with Crippen molar-refractivity contribution in [2.75, 3.05) is 13.1 Å². The lowest BCUT2D eigenvalue weighted by molar-refractivity contribution is 0.215. The Bertz CT molecular complexity index is 341.